The first-order valence-electron chi connectivity index (χ1n) is 10.0. The number of hydrogen-bond acceptors (Lipinski definition) is 4. The van der Waals surface area contributed by atoms with E-state index in [1.54, 1.807) is 11.9 Å². The van der Waals surface area contributed by atoms with Crippen molar-refractivity contribution in [2.24, 2.45) is 0 Å². The van der Waals surface area contributed by atoms with Crippen LogP contribution in [0.3, 0.4) is 0 Å². The predicted molar refractivity (Wildman–Crippen MR) is 114 cm³/mol. The average Bonchev–Trinajstić information content (AvgIpc) is 3.17. The number of aromatic nitrogens is 2. The minimum absolute atomic E-state index is 0.0491. The first-order valence-corrected chi connectivity index (χ1v) is 10.0. The van der Waals surface area contributed by atoms with E-state index in [4.69, 9.17) is 4.42 Å². The standard InChI is InChI=1S/C24H29N3O2/c1-6-20(17-10-8-7-9-11-17)23(28)27(5)16-21-25-26-22(29-21)18-12-14-19(15-13-18)24(2,3)4/h7-15,20H,6,16H2,1-5H3/t20-/m1/s1. The van der Waals surface area contributed by atoms with E-state index in [2.05, 4.69) is 43.1 Å². The summed E-state index contributed by atoms with van der Waals surface area (Å²) < 4.78 is 5.82. The van der Waals surface area contributed by atoms with Crippen LogP contribution in [-0.4, -0.2) is 28.1 Å². The van der Waals surface area contributed by atoms with Crippen molar-refractivity contribution in [2.75, 3.05) is 7.05 Å². The maximum Gasteiger partial charge on any atom is 0.247 e. The van der Waals surface area contributed by atoms with Crippen LogP contribution in [0.1, 0.15) is 57.1 Å². The zero-order valence-corrected chi connectivity index (χ0v) is 17.8. The summed E-state index contributed by atoms with van der Waals surface area (Å²) in [5.41, 5.74) is 3.24. The first kappa shape index (κ1) is 20.8. The third-order valence-electron chi connectivity index (χ3n) is 5.12. The predicted octanol–water partition coefficient (Wildman–Crippen LogP) is 5.19. The van der Waals surface area contributed by atoms with E-state index in [1.807, 2.05) is 49.4 Å². The van der Waals surface area contributed by atoms with E-state index in [1.165, 1.54) is 5.56 Å². The molecule has 0 aliphatic heterocycles. The lowest BCUT2D eigenvalue weighted by molar-refractivity contribution is -0.132. The van der Waals surface area contributed by atoms with Crippen molar-refractivity contribution in [1.82, 2.24) is 15.1 Å². The summed E-state index contributed by atoms with van der Waals surface area (Å²) in [6, 6.07) is 18.0. The molecule has 0 saturated heterocycles. The van der Waals surface area contributed by atoms with Crippen molar-refractivity contribution >= 4 is 5.91 Å². The molecule has 29 heavy (non-hydrogen) atoms. The number of carbonyl (C=O) groups is 1. The molecule has 0 N–H and O–H groups in total. The quantitative estimate of drug-likeness (QED) is 0.580. The Labute approximate surface area is 172 Å². The summed E-state index contributed by atoms with van der Waals surface area (Å²) in [6.07, 6.45) is 0.738. The van der Waals surface area contributed by atoms with E-state index in [9.17, 15) is 4.79 Å². The Morgan fingerprint density at radius 1 is 1.03 bits per heavy atom. The van der Waals surface area contributed by atoms with E-state index in [-0.39, 0.29) is 23.8 Å². The molecule has 2 aromatic carbocycles. The Hall–Kier alpha value is -2.95. The molecule has 1 aromatic heterocycles. The third-order valence-corrected chi connectivity index (χ3v) is 5.12. The second-order valence-corrected chi connectivity index (χ2v) is 8.39. The molecule has 1 amide bonds. The molecule has 0 spiro atoms. The Bertz CT molecular complexity index is 940. The van der Waals surface area contributed by atoms with Crippen LogP contribution in [0.25, 0.3) is 11.5 Å². The minimum atomic E-state index is -0.173. The SMILES string of the molecule is CC[C@@H](C(=O)N(C)Cc1nnc(-c2ccc(C(C)(C)C)cc2)o1)c1ccccc1. The number of carbonyl (C=O) groups excluding carboxylic acids is 1. The summed E-state index contributed by atoms with van der Waals surface area (Å²) in [5.74, 6) is 0.775. The van der Waals surface area contributed by atoms with Gasteiger partial charge in [0.1, 0.15) is 0 Å². The Balaban J connectivity index is 1.70. The zero-order chi connectivity index (χ0) is 21.0. The molecular weight excluding hydrogens is 362 g/mol. The van der Waals surface area contributed by atoms with E-state index < -0.39 is 0 Å². The molecule has 0 radical (unpaired) electrons. The van der Waals surface area contributed by atoms with Crippen LogP contribution in [0, 0.1) is 0 Å². The topological polar surface area (TPSA) is 59.2 Å². The molecule has 0 aliphatic rings. The van der Waals surface area contributed by atoms with E-state index >= 15 is 0 Å². The summed E-state index contributed by atoms with van der Waals surface area (Å²) >= 11 is 0. The van der Waals surface area contributed by atoms with Crippen molar-refractivity contribution in [3.63, 3.8) is 0 Å². The fourth-order valence-corrected chi connectivity index (χ4v) is 3.33. The fourth-order valence-electron chi connectivity index (χ4n) is 3.33. The Morgan fingerprint density at radius 3 is 2.28 bits per heavy atom. The highest BCUT2D eigenvalue weighted by Crippen LogP contribution is 2.26. The Kier molecular flexibility index (Phi) is 6.16. The molecule has 0 fully saturated rings. The zero-order valence-electron chi connectivity index (χ0n) is 17.8. The lowest BCUT2D eigenvalue weighted by Crippen LogP contribution is -2.31. The molecule has 0 bridgehead atoms. The van der Waals surface area contributed by atoms with Gasteiger partial charge in [-0.05, 0) is 35.1 Å². The van der Waals surface area contributed by atoms with Gasteiger partial charge in [0.05, 0.1) is 12.5 Å². The second kappa shape index (κ2) is 8.60. The van der Waals surface area contributed by atoms with Crippen LogP contribution in [0.15, 0.2) is 59.0 Å². The second-order valence-electron chi connectivity index (χ2n) is 8.39. The van der Waals surface area contributed by atoms with Gasteiger partial charge in [0.25, 0.3) is 0 Å². The van der Waals surface area contributed by atoms with Crippen LogP contribution in [0.5, 0.6) is 0 Å². The maximum atomic E-state index is 12.9. The molecule has 5 nitrogen and oxygen atoms in total. The summed E-state index contributed by atoms with van der Waals surface area (Å²) in [4.78, 5) is 14.6. The van der Waals surface area contributed by atoms with Gasteiger partial charge in [-0.25, -0.2) is 0 Å². The molecule has 1 atom stereocenters. The van der Waals surface area contributed by atoms with Gasteiger partial charge in [-0.15, -0.1) is 10.2 Å². The normalized spacial score (nSPS) is 12.6. The maximum absolute atomic E-state index is 12.9. The van der Waals surface area contributed by atoms with Gasteiger partial charge >= 0.3 is 0 Å². The monoisotopic (exact) mass is 391 g/mol. The summed E-state index contributed by atoms with van der Waals surface area (Å²) in [7, 11) is 1.77. The number of hydrogen-bond donors (Lipinski definition) is 0. The lowest BCUT2D eigenvalue weighted by atomic mass is 9.87. The molecule has 152 valence electrons. The lowest BCUT2D eigenvalue weighted by Gasteiger charge is -2.22. The smallest absolute Gasteiger partial charge is 0.247 e. The summed E-state index contributed by atoms with van der Waals surface area (Å²) in [6.45, 7) is 8.85. The fraction of sp³-hybridized carbons (Fsp3) is 0.375. The van der Waals surface area contributed by atoms with Crippen LogP contribution in [0.4, 0.5) is 0 Å². The Morgan fingerprint density at radius 2 is 1.69 bits per heavy atom. The van der Waals surface area contributed by atoms with Crippen molar-refractivity contribution in [2.45, 2.75) is 52.0 Å². The molecule has 5 heteroatoms. The van der Waals surface area contributed by atoms with Gasteiger partial charge in [0, 0.05) is 12.6 Å². The molecule has 1 heterocycles. The van der Waals surface area contributed by atoms with Crippen molar-refractivity contribution in [3.8, 4) is 11.5 Å². The number of nitrogens with zero attached hydrogens (tertiary/aromatic N) is 3. The number of amides is 1. The van der Waals surface area contributed by atoms with Gasteiger partial charge in [-0.3, -0.25) is 4.79 Å². The highest BCUT2D eigenvalue weighted by Gasteiger charge is 2.23. The molecule has 3 aromatic rings. The van der Waals surface area contributed by atoms with Gasteiger partial charge in [0.2, 0.25) is 17.7 Å². The van der Waals surface area contributed by atoms with E-state index in [0.29, 0.717) is 11.8 Å². The van der Waals surface area contributed by atoms with Crippen molar-refractivity contribution in [3.05, 3.63) is 71.6 Å². The van der Waals surface area contributed by atoms with Gasteiger partial charge in [-0.2, -0.15) is 0 Å². The highest BCUT2D eigenvalue weighted by molar-refractivity contribution is 5.83. The first-order chi connectivity index (χ1) is 13.8. The largest absolute Gasteiger partial charge is 0.419 e. The molecule has 0 saturated carbocycles. The number of rotatable bonds is 6. The minimum Gasteiger partial charge on any atom is -0.419 e. The highest BCUT2D eigenvalue weighted by atomic mass is 16.4. The van der Waals surface area contributed by atoms with E-state index in [0.717, 1.165) is 17.5 Å². The number of likely N-dealkylation sites (N-methyl/N-ethyl adjacent to an activating group) is 1. The van der Waals surface area contributed by atoms with Gasteiger partial charge in [0.15, 0.2) is 0 Å². The van der Waals surface area contributed by atoms with Crippen LogP contribution in [0.2, 0.25) is 0 Å². The van der Waals surface area contributed by atoms with Gasteiger partial charge < -0.3 is 9.32 Å². The molecular formula is C24H29N3O2. The van der Waals surface area contributed by atoms with Crippen LogP contribution >= 0.6 is 0 Å². The molecule has 0 unspecified atom stereocenters. The van der Waals surface area contributed by atoms with Crippen LogP contribution < -0.4 is 0 Å². The third kappa shape index (κ3) is 4.91. The van der Waals surface area contributed by atoms with Crippen molar-refractivity contribution < 1.29 is 9.21 Å². The van der Waals surface area contributed by atoms with Gasteiger partial charge in [-0.1, -0.05) is 70.2 Å². The molecule has 0 aliphatic carbocycles. The average molecular weight is 392 g/mol. The molecule has 3 rings (SSSR count). The van der Waals surface area contributed by atoms with Crippen LogP contribution in [-0.2, 0) is 16.8 Å². The number of benzene rings is 2. The van der Waals surface area contributed by atoms with Crippen molar-refractivity contribution in [1.29, 1.82) is 0 Å². The summed E-state index contributed by atoms with van der Waals surface area (Å²) in [5, 5.41) is 8.29.